The predicted molar refractivity (Wildman–Crippen MR) is 102 cm³/mol. The number of thiazole rings is 1. The Morgan fingerprint density at radius 1 is 1.19 bits per heavy atom. The summed E-state index contributed by atoms with van der Waals surface area (Å²) in [6.45, 7) is 2.69. The first-order valence-corrected chi connectivity index (χ1v) is 9.19. The van der Waals surface area contributed by atoms with E-state index in [1.807, 2.05) is 6.92 Å². The van der Waals surface area contributed by atoms with Gasteiger partial charge in [0.25, 0.3) is 5.91 Å². The molecule has 134 valence electrons. The Morgan fingerprint density at radius 2 is 1.96 bits per heavy atom. The Kier molecular flexibility index (Phi) is 5.96. The van der Waals surface area contributed by atoms with E-state index in [1.54, 1.807) is 48.7 Å². The first kappa shape index (κ1) is 18.1. The Morgan fingerprint density at radius 3 is 2.69 bits per heavy atom. The maximum Gasteiger partial charge on any atom is 0.257 e. The lowest BCUT2D eigenvalue weighted by Gasteiger charge is -2.05. The lowest BCUT2D eigenvalue weighted by molar-refractivity contribution is 0.102. The molecule has 1 heterocycles. The summed E-state index contributed by atoms with van der Waals surface area (Å²) in [5.74, 6) is 0.264. The molecule has 0 aliphatic rings. The van der Waals surface area contributed by atoms with Gasteiger partial charge in [0.15, 0.2) is 5.13 Å². The van der Waals surface area contributed by atoms with Gasteiger partial charge in [-0.2, -0.15) is 0 Å². The molecule has 0 fully saturated rings. The van der Waals surface area contributed by atoms with Gasteiger partial charge in [0.1, 0.15) is 11.6 Å². The van der Waals surface area contributed by atoms with Crippen molar-refractivity contribution in [2.24, 2.45) is 0 Å². The minimum absolute atomic E-state index is 0.237. The average Bonchev–Trinajstić information content (AvgIpc) is 3.09. The van der Waals surface area contributed by atoms with Crippen LogP contribution in [0.2, 0.25) is 0 Å². The number of nitrogens with one attached hydrogen (secondary N) is 1. The zero-order chi connectivity index (χ0) is 18.4. The maximum atomic E-state index is 13.7. The summed E-state index contributed by atoms with van der Waals surface area (Å²) in [7, 11) is 0. The number of amides is 1. The topological polar surface area (TPSA) is 51.2 Å². The molecule has 4 nitrogen and oxygen atoms in total. The standard InChI is InChI=1S/C20H19FN2O2S/c1-2-11-25-16-9-7-14(8-10-16)19(24)23-20-22-13-17(26-20)12-15-5-3-4-6-18(15)21/h3-10,13H,2,11-12H2,1H3,(H,22,23,24). The van der Waals surface area contributed by atoms with Crippen molar-refractivity contribution in [2.75, 3.05) is 11.9 Å². The number of benzene rings is 2. The van der Waals surface area contributed by atoms with Gasteiger partial charge in [0, 0.05) is 23.1 Å². The molecule has 1 N–H and O–H groups in total. The quantitative estimate of drug-likeness (QED) is 0.643. The highest BCUT2D eigenvalue weighted by molar-refractivity contribution is 7.15. The number of ether oxygens (including phenoxy) is 1. The minimum atomic E-state index is -0.239. The zero-order valence-corrected chi connectivity index (χ0v) is 15.2. The SMILES string of the molecule is CCCOc1ccc(C(=O)Nc2ncc(Cc3ccccc3F)s2)cc1. The van der Waals surface area contributed by atoms with Crippen LogP contribution in [-0.2, 0) is 6.42 Å². The highest BCUT2D eigenvalue weighted by Crippen LogP contribution is 2.23. The van der Waals surface area contributed by atoms with Crippen molar-refractivity contribution in [2.45, 2.75) is 19.8 Å². The largest absolute Gasteiger partial charge is 0.494 e. The smallest absolute Gasteiger partial charge is 0.257 e. The third-order valence-electron chi connectivity index (χ3n) is 3.69. The summed E-state index contributed by atoms with van der Waals surface area (Å²) in [5.41, 5.74) is 1.14. The molecule has 0 bridgehead atoms. The molecule has 0 atom stereocenters. The lowest BCUT2D eigenvalue weighted by atomic mass is 10.1. The molecule has 1 amide bonds. The summed E-state index contributed by atoms with van der Waals surface area (Å²) >= 11 is 1.34. The van der Waals surface area contributed by atoms with E-state index in [4.69, 9.17) is 4.74 Å². The fourth-order valence-corrected chi connectivity index (χ4v) is 3.20. The normalized spacial score (nSPS) is 10.5. The van der Waals surface area contributed by atoms with Crippen molar-refractivity contribution in [3.05, 3.63) is 76.5 Å². The highest BCUT2D eigenvalue weighted by Gasteiger charge is 2.11. The molecule has 0 saturated carbocycles. The van der Waals surface area contributed by atoms with Crippen molar-refractivity contribution in [3.8, 4) is 5.75 Å². The molecule has 2 aromatic carbocycles. The van der Waals surface area contributed by atoms with E-state index in [0.717, 1.165) is 17.0 Å². The second-order valence-corrected chi connectivity index (χ2v) is 6.84. The molecule has 0 spiro atoms. The van der Waals surface area contributed by atoms with E-state index >= 15 is 0 Å². The minimum Gasteiger partial charge on any atom is -0.494 e. The lowest BCUT2D eigenvalue weighted by Crippen LogP contribution is -2.11. The van der Waals surface area contributed by atoms with E-state index in [0.29, 0.717) is 29.3 Å². The van der Waals surface area contributed by atoms with Crippen LogP contribution in [0, 0.1) is 5.82 Å². The van der Waals surface area contributed by atoms with Gasteiger partial charge in [-0.3, -0.25) is 10.1 Å². The summed E-state index contributed by atoms with van der Waals surface area (Å²) < 4.78 is 19.2. The van der Waals surface area contributed by atoms with Crippen LogP contribution in [-0.4, -0.2) is 17.5 Å². The van der Waals surface area contributed by atoms with E-state index in [-0.39, 0.29) is 11.7 Å². The monoisotopic (exact) mass is 370 g/mol. The molecule has 0 aliphatic carbocycles. The van der Waals surface area contributed by atoms with Crippen molar-refractivity contribution in [3.63, 3.8) is 0 Å². The molecule has 0 aliphatic heterocycles. The Hall–Kier alpha value is -2.73. The fourth-order valence-electron chi connectivity index (χ4n) is 2.37. The van der Waals surface area contributed by atoms with E-state index in [9.17, 15) is 9.18 Å². The van der Waals surface area contributed by atoms with Gasteiger partial charge >= 0.3 is 0 Å². The van der Waals surface area contributed by atoms with Gasteiger partial charge in [-0.1, -0.05) is 25.1 Å². The van der Waals surface area contributed by atoms with Crippen LogP contribution in [0.15, 0.2) is 54.7 Å². The molecule has 3 rings (SSSR count). The van der Waals surface area contributed by atoms with Gasteiger partial charge in [-0.25, -0.2) is 9.37 Å². The summed E-state index contributed by atoms with van der Waals surface area (Å²) in [6, 6.07) is 13.6. The molecule has 26 heavy (non-hydrogen) atoms. The number of rotatable bonds is 7. The van der Waals surface area contributed by atoms with E-state index in [2.05, 4.69) is 10.3 Å². The van der Waals surface area contributed by atoms with Gasteiger partial charge in [0.05, 0.1) is 6.61 Å². The molecular weight excluding hydrogens is 351 g/mol. The predicted octanol–water partition coefficient (Wildman–Crippen LogP) is 4.91. The number of hydrogen-bond acceptors (Lipinski definition) is 4. The van der Waals surface area contributed by atoms with E-state index in [1.165, 1.54) is 17.4 Å². The summed E-state index contributed by atoms with van der Waals surface area (Å²) in [4.78, 5) is 17.4. The van der Waals surface area contributed by atoms with Crippen molar-refractivity contribution in [1.29, 1.82) is 0 Å². The molecule has 0 unspecified atom stereocenters. The zero-order valence-electron chi connectivity index (χ0n) is 14.4. The highest BCUT2D eigenvalue weighted by atomic mass is 32.1. The third kappa shape index (κ3) is 4.67. The third-order valence-corrected chi connectivity index (χ3v) is 4.60. The Balaban J connectivity index is 1.61. The number of nitrogens with zero attached hydrogens (tertiary/aromatic N) is 1. The molecule has 3 aromatic rings. The number of hydrogen-bond donors (Lipinski definition) is 1. The van der Waals surface area contributed by atoms with Crippen LogP contribution >= 0.6 is 11.3 Å². The molecule has 0 radical (unpaired) electrons. The number of carbonyl (C=O) groups excluding carboxylic acids is 1. The number of anilines is 1. The average molecular weight is 370 g/mol. The first-order chi connectivity index (χ1) is 12.7. The van der Waals surface area contributed by atoms with Crippen molar-refractivity contribution < 1.29 is 13.9 Å². The van der Waals surface area contributed by atoms with Crippen LogP contribution in [0.5, 0.6) is 5.75 Å². The second-order valence-electron chi connectivity index (χ2n) is 5.73. The fraction of sp³-hybridized carbons (Fsp3) is 0.200. The van der Waals surface area contributed by atoms with Crippen molar-refractivity contribution >= 4 is 22.4 Å². The van der Waals surface area contributed by atoms with Gasteiger partial charge < -0.3 is 4.74 Å². The molecule has 0 saturated heterocycles. The van der Waals surface area contributed by atoms with Gasteiger partial charge in [-0.05, 0) is 42.3 Å². The van der Waals surface area contributed by atoms with Crippen LogP contribution in [0.1, 0.15) is 34.1 Å². The molecule has 1 aromatic heterocycles. The number of halogens is 1. The summed E-state index contributed by atoms with van der Waals surface area (Å²) in [5, 5.41) is 3.27. The second kappa shape index (κ2) is 8.58. The number of aromatic nitrogens is 1. The summed E-state index contributed by atoms with van der Waals surface area (Å²) in [6.07, 6.45) is 3.04. The maximum absolute atomic E-state index is 13.7. The van der Waals surface area contributed by atoms with Gasteiger partial charge in [0.2, 0.25) is 0 Å². The Bertz CT molecular complexity index is 878. The van der Waals surface area contributed by atoms with Crippen LogP contribution in [0.3, 0.4) is 0 Å². The number of carbonyl (C=O) groups is 1. The van der Waals surface area contributed by atoms with Crippen LogP contribution in [0.4, 0.5) is 9.52 Å². The van der Waals surface area contributed by atoms with Crippen LogP contribution < -0.4 is 10.1 Å². The van der Waals surface area contributed by atoms with Gasteiger partial charge in [-0.15, -0.1) is 11.3 Å². The van der Waals surface area contributed by atoms with Crippen molar-refractivity contribution in [1.82, 2.24) is 4.98 Å². The molecule has 6 heteroatoms. The van der Waals surface area contributed by atoms with Crippen LogP contribution in [0.25, 0.3) is 0 Å². The molecular formula is C20H19FN2O2S. The first-order valence-electron chi connectivity index (χ1n) is 8.38. The van der Waals surface area contributed by atoms with E-state index < -0.39 is 0 Å². The Labute approximate surface area is 155 Å².